The molecule has 0 bridgehead atoms. The van der Waals surface area contributed by atoms with Crippen molar-refractivity contribution in [2.24, 2.45) is 0 Å². The molecule has 2 N–H and O–H groups in total. The summed E-state index contributed by atoms with van der Waals surface area (Å²) in [7, 11) is 1.14. The Kier molecular flexibility index (Phi) is 4.94. The number of rotatable bonds is 4. The highest BCUT2D eigenvalue weighted by atomic mass is 19.1. The third kappa shape index (κ3) is 3.99. The Morgan fingerprint density at radius 1 is 1.26 bits per heavy atom. The van der Waals surface area contributed by atoms with E-state index in [0.29, 0.717) is 6.07 Å². The monoisotopic (exact) mass is 273 g/mol. The lowest BCUT2D eigenvalue weighted by molar-refractivity contribution is -0.145. The first-order valence-corrected chi connectivity index (χ1v) is 5.37. The standard InChI is InChI=1S/C12H13F2NO4/c1-6(12(18)19-2)15-11(17)10(16)7-3-8(13)5-9(14)4-7/h3-6,10,16H,1-2H3,(H,15,17)/t6-,10+/m0/s1. The number of methoxy groups -OCH3 is 1. The van der Waals surface area contributed by atoms with E-state index < -0.39 is 35.7 Å². The molecular weight excluding hydrogens is 260 g/mol. The number of aliphatic hydroxyl groups excluding tert-OH is 1. The SMILES string of the molecule is COC(=O)[C@H](C)NC(=O)[C@H](O)c1cc(F)cc(F)c1. The maximum Gasteiger partial charge on any atom is 0.328 e. The Labute approximate surface area is 108 Å². The van der Waals surface area contributed by atoms with E-state index in [1.807, 2.05) is 0 Å². The number of benzene rings is 1. The number of halogens is 2. The number of hydrogen-bond donors (Lipinski definition) is 2. The van der Waals surface area contributed by atoms with Gasteiger partial charge in [0, 0.05) is 6.07 Å². The summed E-state index contributed by atoms with van der Waals surface area (Å²) in [5, 5.41) is 11.8. The topological polar surface area (TPSA) is 75.6 Å². The fraction of sp³-hybridized carbons (Fsp3) is 0.333. The van der Waals surface area contributed by atoms with Gasteiger partial charge < -0.3 is 15.2 Å². The van der Waals surface area contributed by atoms with Crippen LogP contribution < -0.4 is 5.32 Å². The number of nitrogens with one attached hydrogen (secondary N) is 1. The molecule has 0 fully saturated rings. The van der Waals surface area contributed by atoms with Crippen molar-refractivity contribution in [2.75, 3.05) is 7.11 Å². The van der Waals surface area contributed by atoms with Crippen LogP contribution in [0.5, 0.6) is 0 Å². The first-order valence-electron chi connectivity index (χ1n) is 5.37. The minimum absolute atomic E-state index is 0.243. The lowest BCUT2D eigenvalue weighted by Crippen LogP contribution is -2.41. The van der Waals surface area contributed by atoms with Crippen LogP contribution in [0.2, 0.25) is 0 Å². The molecule has 19 heavy (non-hydrogen) atoms. The van der Waals surface area contributed by atoms with Crippen LogP contribution in [0.15, 0.2) is 18.2 Å². The highest BCUT2D eigenvalue weighted by molar-refractivity contribution is 5.87. The highest BCUT2D eigenvalue weighted by Gasteiger charge is 2.23. The largest absolute Gasteiger partial charge is 0.467 e. The van der Waals surface area contributed by atoms with Crippen LogP contribution in [0.25, 0.3) is 0 Å². The minimum atomic E-state index is -1.78. The van der Waals surface area contributed by atoms with E-state index in [4.69, 9.17) is 0 Å². The third-order valence-corrected chi connectivity index (χ3v) is 2.36. The molecule has 0 unspecified atom stereocenters. The summed E-state index contributed by atoms with van der Waals surface area (Å²) in [6.07, 6.45) is -1.78. The molecule has 0 spiro atoms. The Morgan fingerprint density at radius 2 is 1.79 bits per heavy atom. The summed E-state index contributed by atoms with van der Waals surface area (Å²) in [5.41, 5.74) is -0.243. The number of esters is 1. The molecule has 1 rings (SSSR count). The van der Waals surface area contributed by atoms with Gasteiger partial charge in [-0.2, -0.15) is 0 Å². The molecular formula is C12H13F2NO4. The second-order valence-electron chi connectivity index (χ2n) is 3.86. The Balaban J connectivity index is 2.79. The third-order valence-electron chi connectivity index (χ3n) is 2.36. The Hall–Kier alpha value is -2.02. The van der Waals surface area contributed by atoms with Gasteiger partial charge in [-0.05, 0) is 24.6 Å². The van der Waals surface area contributed by atoms with Gasteiger partial charge in [0.1, 0.15) is 17.7 Å². The summed E-state index contributed by atoms with van der Waals surface area (Å²) >= 11 is 0. The molecule has 7 heteroatoms. The van der Waals surface area contributed by atoms with Crippen molar-refractivity contribution in [2.45, 2.75) is 19.1 Å². The smallest absolute Gasteiger partial charge is 0.328 e. The normalized spacial score (nSPS) is 13.5. The van der Waals surface area contributed by atoms with Gasteiger partial charge >= 0.3 is 5.97 Å². The van der Waals surface area contributed by atoms with Crippen molar-refractivity contribution in [1.82, 2.24) is 5.32 Å². The predicted octanol–water partition coefficient (Wildman–Crippen LogP) is 0.676. The van der Waals surface area contributed by atoms with Crippen LogP contribution in [0.3, 0.4) is 0 Å². The van der Waals surface area contributed by atoms with Crippen LogP contribution in [-0.2, 0) is 14.3 Å². The number of hydrogen-bond acceptors (Lipinski definition) is 4. The number of carbonyl (C=O) groups is 2. The summed E-state index contributed by atoms with van der Waals surface area (Å²) < 4.78 is 30.3. The molecule has 0 aromatic heterocycles. The lowest BCUT2D eigenvalue weighted by atomic mass is 10.1. The van der Waals surface area contributed by atoms with Gasteiger partial charge in [-0.25, -0.2) is 13.6 Å². The zero-order valence-electron chi connectivity index (χ0n) is 10.3. The molecule has 1 aromatic carbocycles. The Bertz CT molecular complexity index is 472. The van der Waals surface area contributed by atoms with E-state index >= 15 is 0 Å². The van der Waals surface area contributed by atoms with E-state index in [0.717, 1.165) is 19.2 Å². The van der Waals surface area contributed by atoms with E-state index in [-0.39, 0.29) is 5.56 Å². The molecule has 1 aromatic rings. The average Bonchev–Trinajstić information content (AvgIpc) is 2.35. The first kappa shape index (κ1) is 15.0. The predicted molar refractivity (Wildman–Crippen MR) is 60.9 cm³/mol. The van der Waals surface area contributed by atoms with Crippen LogP contribution >= 0.6 is 0 Å². The molecule has 0 aliphatic rings. The lowest BCUT2D eigenvalue weighted by Gasteiger charge is -2.15. The van der Waals surface area contributed by atoms with Crippen LogP contribution in [0.1, 0.15) is 18.6 Å². The van der Waals surface area contributed by atoms with Gasteiger partial charge in [0.25, 0.3) is 5.91 Å². The molecule has 5 nitrogen and oxygen atoms in total. The van der Waals surface area contributed by atoms with Gasteiger partial charge in [0.15, 0.2) is 6.10 Å². The summed E-state index contributed by atoms with van der Waals surface area (Å²) in [4.78, 5) is 22.7. The number of aliphatic hydroxyl groups is 1. The molecule has 0 radical (unpaired) electrons. The van der Waals surface area contributed by atoms with Gasteiger partial charge in [-0.1, -0.05) is 0 Å². The molecule has 0 aliphatic heterocycles. The van der Waals surface area contributed by atoms with Gasteiger partial charge in [0.2, 0.25) is 0 Å². The van der Waals surface area contributed by atoms with E-state index in [1.54, 1.807) is 0 Å². The van der Waals surface area contributed by atoms with E-state index in [9.17, 15) is 23.5 Å². The van der Waals surface area contributed by atoms with Gasteiger partial charge in [0.05, 0.1) is 7.11 Å². The molecule has 2 atom stereocenters. The number of amides is 1. The van der Waals surface area contributed by atoms with Crippen molar-refractivity contribution in [3.63, 3.8) is 0 Å². The highest BCUT2D eigenvalue weighted by Crippen LogP contribution is 2.16. The quantitative estimate of drug-likeness (QED) is 0.791. The molecule has 1 amide bonds. The molecule has 0 saturated heterocycles. The maximum absolute atomic E-state index is 12.9. The summed E-state index contributed by atoms with van der Waals surface area (Å²) in [6, 6.07) is 1.29. The molecule has 0 heterocycles. The van der Waals surface area contributed by atoms with Crippen molar-refractivity contribution in [1.29, 1.82) is 0 Å². The second-order valence-corrected chi connectivity index (χ2v) is 3.86. The summed E-state index contributed by atoms with van der Waals surface area (Å²) in [5.74, 6) is -3.49. The minimum Gasteiger partial charge on any atom is -0.467 e. The zero-order chi connectivity index (χ0) is 14.6. The second kappa shape index (κ2) is 6.24. The Morgan fingerprint density at radius 3 is 2.26 bits per heavy atom. The summed E-state index contributed by atoms with van der Waals surface area (Å²) in [6.45, 7) is 1.35. The van der Waals surface area contributed by atoms with E-state index in [1.165, 1.54) is 6.92 Å². The van der Waals surface area contributed by atoms with Crippen molar-refractivity contribution in [3.8, 4) is 0 Å². The fourth-order valence-electron chi connectivity index (χ4n) is 1.41. The average molecular weight is 273 g/mol. The molecule has 104 valence electrons. The zero-order valence-corrected chi connectivity index (χ0v) is 10.3. The van der Waals surface area contributed by atoms with Crippen LogP contribution in [0, 0.1) is 11.6 Å². The van der Waals surface area contributed by atoms with Gasteiger partial charge in [-0.3, -0.25) is 4.79 Å². The molecule has 0 saturated carbocycles. The fourth-order valence-corrected chi connectivity index (χ4v) is 1.41. The van der Waals surface area contributed by atoms with Crippen LogP contribution in [0.4, 0.5) is 8.78 Å². The number of carbonyl (C=O) groups excluding carboxylic acids is 2. The van der Waals surface area contributed by atoms with Crippen molar-refractivity contribution >= 4 is 11.9 Å². The first-order chi connectivity index (χ1) is 8.85. The maximum atomic E-state index is 12.9. The van der Waals surface area contributed by atoms with Gasteiger partial charge in [-0.15, -0.1) is 0 Å². The van der Waals surface area contributed by atoms with Crippen molar-refractivity contribution < 1.29 is 28.2 Å². The molecule has 0 aliphatic carbocycles. The number of ether oxygens (including phenoxy) is 1. The van der Waals surface area contributed by atoms with E-state index in [2.05, 4.69) is 10.1 Å². The van der Waals surface area contributed by atoms with Crippen molar-refractivity contribution in [3.05, 3.63) is 35.4 Å². The van der Waals surface area contributed by atoms with Crippen LogP contribution in [-0.4, -0.2) is 30.1 Å².